The minimum atomic E-state index is -0.236. The lowest BCUT2D eigenvalue weighted by molar-refractivity contribution is 0.102. The van der Waals surface area contributed by atoms with Gasteiger partial charge in [-0.2, -0.15) is 0 Å². The topological polar surface area (TPSA) is 60.5 Å². The highest BCUT2D eigenvalue weighted by Gasteiger charge is 2.15. The van der Waals surface area contributed by atoms with E-state index in [1.807, 2.05) is 25.1 Å². The first kappa shape index (κ1) is 16.7. The minimum Gasteiger partial charge on any atom is -0.495 e. The van der Waals surface area contributed by atoms with Gasteiger partial charge in [-0.3, -0.25) is 4.79 Å². The van der Waals surface area contributed by atoms with Gasteiger partial charge in [0.15, 0.2) is 0 Å². The Kier molecular flexibility index (Phi) is 4.73. The first-order valence-electron chi connectivity index (χ1n) is 7.12. The molecule has 0 saturated heterocycles. The number of thiazole rings is 1. The number of fused-ring (bicyclic) bond motifs is 1. The highest BCUT2D eigenvalue weighted by molar-refractivity contribution is 9.10. The zero-order valence-electron chi connectivity index (χ0n) is 13.3. The third kappa shape index (κ3) is 3.22. The number of aromatic nitrogens is 1. The average Bonchev–Trinajstić information content (AvgIpc) is 2.94. The van der Waals surface area contributed by atoms with E-state index in [-0.39, 0.29) is 5.91 Å². The molecule has 0 bridgehead atoms. The van der Waals surface area contributed by atoms with Crippen molar-refractivity contribution in [3.63, 3.8) is 0 Å². The summed E-state index contributed by atoms with van der Waals surface area (Å²) in [5, 5.41) is 3.89. The van der Waals surface area contributed by atoms with Crippen LogP contribution >= 0.6 is 27.3 Å². The predicted octanol–water partition coefficient (Wildman–Crippen LogP) is 4.64. The van der Waals surface area contributed by atoms with E-state index < -0.39 is 0 Å². The third-order valence-corrected chi connectivity index (χ3v) is 5.18. The van der Waals surface area contributed by atoms with Crippen LogP contribution in [0.1, 0.15) is 15.4 Å². The van der Waals surface area contributed by atoms with Crippen LogP contribution in [0.15, 0.2) is 34.8 Å². The van der Waals surface area contributed by atoms with Gasteiger partial charge in [0.1, 0.15) is 16.0 Å². The molecule has 0 saturated carbocycles. The van der Waals surface area contributed by atoms with Gasteiger partial charge in [0.2, 0.25) is 0 Å². The number of hydrogen-bond donors (Lipinski definition) is 1. The number of ether oxygens (including phenoxy) is 2. The van der Waals surface area contributed by atoms with Crippen molar-refractivity contribution in [1.29, 1.82) is 0 Å². The molecule has 0 aliphatic heterocycles. The highest BCUT2D eigenvalue weighted by Crippen LogP contribution is 2.36. The van der Waals surface area contributed by atoms with Gasteiger partial charge in [0, 0.05) is 11.3 Å². The fourth-order valence-electron chi connectivity index (χ4n) is 2.32. The molecule has 3 rings (SSSR count). The van der Waals surface area contributed by atoms with Crippen LogP contribution in [0.4, 0.5) is 5.69 Å². The summed E-state index contributed by atoms with van der Waals surface area (Å²) in [6, 6.07) is 8.99. The number of carbonyl (C=O) groups excluding carboxylic acids is 1. The van der Waals surface area contributed by atoms with Gasteiger partial charge in [0.05, 0.1) is 29.4 Å². The van der Waals surface area contributed by atoms with E-state index in [0.717, 1.165) is 20.9 Å². The highest BCUT2D eigenvalue weighted by atomic mass is 79.9. The summed E-state index contributed by atoms with van der Waals surface area (Å²) in [6.45, 7) is 1.96. The van der Waals surface area contributed by atoms with Gasteiger partial charge < -0.3 is 14.8 Å². The number of carbonyl (C=O) groups is 1. The first-order valence-corrected chi connectivity index (χ1v) is 8.73. The standard InChI is InChI=1S/C17H15BrN2O3S/c1-9-19-12-5-4-11(8-15(12)24-9)20-17(21)10-6-13(22-2)16(18)14(7-10)23-3/h4-8H,1-3H3,(H,20,21). The molecule has 0 atom stereocenters. The van der Waals surface area contributed by atoms with Crippen LogP contribution in [0.5, 0.6) is 11.5 Å². The normalized spacial score (nSPS) is 10.7. The van der Waals surface area contributed by atoms with Gasteiger partial charge in [-0.1, -0.05) is 0 Å². The molecule has 0 aliphatic rings. The average molecular weight is 407 g/mol. The summed E-state index contributed by atoms with van der Waals surface area (Å²) in [7, 11) is 3.09. The van der Waals surface area contributed by atoms with Crippen molar-refractivity contribution in [3.8, 4) is 11.5 Å². The number of amides is 1. The van der Waals surface area contributed by atoms with E-state index in [1.54, 1.807) is 37.7 Å². The van der Waals surface area contributed by atoms with Gasteiger partial charge >= 0.3 is 0 Å². The molecule has 7 heteroatoms. The molecular formula is C17H15BrN2O3S. The van der Waals surface area contributed by atoms with Crippen LogP contribution < -0.4 is 14.8 Å². The Labute approximate surface area is 151 Å². The molecule has 1 amide bonds. The maximum absolute atomic E-state index is 12.6. The fraction of sp³-hybridized carbons (Fsp3) is 0.176. The molecule has 5 nitrogen and oxygen atoms in total. The summed E-state index contributed by atoms with van der Waals surface area (Å²) in [6.07, 6.45) is 0. The van der Waals surface area contributed by atoms with E-state index in [2.05, 4.69) is 26.2 Å². The second-order valence-electron chi connectivity index (χ2n) is 5.06. The van der Waals surface area contributed by atoms with E-state index in [0.29, 0.717) is 21.5 Å². The lowest BCUT2D eigenvalue weighted by Crippen LogP contribution is -2.12. The number of benzene rings is 2. The van der Waals surface area contributed by atoms with Crippen molar-refractivity contribution >= 4 is 49.1 Å². The number of anilines is 1. The third-order valence-electron chi connectivity index (χ3n) is 3.46. The molecule has 124 valence electrons. The Morgan fingerprint density at radius 1 is 1.17 bits per heavy atom. The maximum Gasteiger partial charge on any atom is 0.255 e. The van der Waals surface area contributed by atoms with Gasteiger partial charge in [-0.05, 0) is 53.2 Å². The molecular weight excluding hydrogens is 392 g/mol. The molecule has 3 aromatic rings. The Balaban J connectivity index is 1.90. The SMILES string of the molecule is COc1cc(C(=O)Nc2ccc3nc(C)sc3c2)cc(OC)c1Br. The van der Waals surface area contributed by atoms with Crippen LogP contribution in [-0.2, 0) is 0 Å². The van der Waals surface area contributed by atoms with E-state index in [9.17, 15) is 4.79 Å². The zero-order valence-corrected chi connectivity index (χ0v) is 15.7. The van der Waals surface area contributed by atoms with Crippen LogP contribution in [0, 0.1) is 6.92 Å². The van der Waals surface area contributed by atoms with Crippen LogP contribution in [0.2, 0.25) is 0 Å². The quantitative estimate of drug-likeness (QED) is 0.685. The van der Waals surface area contributed by atoms with Crippen molar-refractivity contribution in [1.82, 2.24) is 4.98 Å². The first-order chi connectivity index (χ1) is 11.5. The fourth-order valence-corrected chi connectivity index (χ4v) is 3.74. The second kappa shape index (κ2) is 6.78. The number of aryl methyl sites for hydroxylation is 1. The minimum absolute atomic E-state index is 0.236. The molecule has 1 heterocycles. The summed E-state index contributed by atoms with van der Waals surface area (Å²) >= 11 is 4.99. The largest absolute Gasteiger partial charge is 0.495 e. The van der Waals surface area contributed by atoms with Crippen LogP contribution in [0.25, 0.3) is 10.2 Å². The molecule has 24 heavy (non-hydrogen) atoms. The van der Waals surface area contributed by atoms with Gasteiger partial charge in [0.25, 0.3) is 5.91 Å². The Hall–Kier alpha value is -2.12. The van der Waals surface area contributed by atoms with Crippen molar-refractivity contribution in [2.75, 3.05) is 19.5 Å². The van der Waals surface area contributed by atoms with Gasteiger partial charge in [-0.25, -0.2) is 4.98 Å². The number of rotatable bonds is 4. The van der Waals surface area contributed by atoms with Crippen molar-refractivity contribution < 1.29 is 14.3 Å². The predicted molar refractivity (Wildman–Crippen MR) is 99.6 cm³/mol. The van der Waals surface area contributed by atoms with Crippen molar-refractivity contribution in [2.24, 2.45) is 0 Å². The second-order valence-corrected chi connectivity index (χ2v) is 7.09. The molecule has 1 N–H and O–H groups in total. The van der Waals surface area contributed by atoms with Crippen LogP contribution in [0.3, 0.4) is 0 Å². The Bertz CT molecular complexity index is 898. The number of halogens is 1. The summed E-state index contributed by atoms with van der Waals surface area (Å²) in [4.78, 5) is 17.0. The lowest BCUT2D eigenvalue weighted by atomic mass is 10.1. The molecule has 0 spiro atoms. The molecule has 1 aromatic heterocycles. The number of nitrogens with one attached hydrogen (secondary N) is 1. The number of hydrogen-bond acceptors (Lipinski definition) is 5. The number of nitrogens with zero attached hydrogens (tertiary/aromatic N) is 1. The van der Waals surface area contributed by atoms with E-state index in [1.165, 1.54) is 0 Å². The maximum atomic E-state index is 12.6. The van der Waals surface area contributed by atoms with E-state index in [4.69, 9.17) is 9.47 Å². The van der Waals surface area contributed by atoms with E-state index >= 15 is 0 Å². The molecule has 0 fully saturated rings. The van der Waals surface area contributed by atoms with Crippen molar-refractivity contribution in [3.05, 3.63) is 45.4 Å². The molecule has 0 unspecified atom stereocenters. The monoisotopic (exact) mass is 406 g/mol. The Morgan fingerprint density at radius 2 is 1.83 bits per heavy atom. The number of methoxy groups -OCH3 is 2. The zero-order chi connectivity index (χ0) is 17.3. The lowest BCUT2D eigenvalue weighted by Gasteiger charge is -2.11. The smallest absolute Gasteiger partial charge is 0.255 e. The summed E-state index contributed by atoms with van der Waals surface area (Å²) in [5.74, 6) is 0.834. The summed E-state index contributed by atoms with van der Waals surface area (Å²) in [5.41, 5.74) is 2.10. The van der Waals surface area contributed by atoms with Crippen molar-refractivity contribution in [2.45, 2.75) is 6.92 Å². The molecule has 2 aromatic carbocycles. The molecule has 0 radical (unpaired) electrons. The molecule has 0 aliphatic carbocycles. The Morgan fingerprint density at radius 3 is 2.46 bits per heavy atom. The van der Waals surface area contributed by atoms with Gasteiger partial charge in [-0.15, -0.1) is 11.3 Å². The van der Waals surface area contributed by atoms with Crippen LogP contribution in [-0.4, -0.2) is 25.1 Å². The summed E-state index contributed by atoms with van der Waals surface area (Å²) < 4.78 is 12.3.